The van der Waals surface area contributed by atoms with E-state index in [1.54, 1.807) is 7.11 Å². The van der Waals surface area contributed by atoms with Crippen LogP contribution in [0.15, 0.2) is 17.8 Å². The summed E-state index contributed by atoms with van der Waals surface area (Å²) in [6.45, 7) is 0.304. The number of nitrogens with two attached hydrogens (primary N) is 1. The van der Waals surface area contributed by atoms with Gasteiger partial charge in [-0.2, -0.15) is 5.10 Å². The van der Waals surface area contributed by atoms with Gasteiger partial charge in [-0.3, -0.25) is 0 Å². The van der Waals surface area contributed by atoms with Crippen LogP contribution in [0.5, 0.6) is 0 Å². The van der Waals surface area contributed by atoms with Crippen molar-refractivity contribution in [3.63, 3.8) is 0 Å². The molecule has 0 bridgehead atoms. The monoisotopic (exact) mass is 155 g/mol. The van der Waals surface area contributed by atoms with Crippen LogP contribution in [-0.4, -0.2) is 34.4 Å². The van der Waals surface area contributed by atoms with Gasteiger partial charge in [0.25, 0.3) is 0 Å². The van der Waals surface area contributed by atoms with E-state index in [2.05, 4.69) is 15.3 Å². The lowest BCUT2D eigenvalue weighted by molar-refractivity contribution is 0.244. The Morgan fingerprint density at radius 1 is 1.64 bits per heavy atom. The van der Waals surface area contributed by atoms with E-state index in [-0.39, 0.29) is 0 Å². The summed E-state index contributed by atoms with van der Waals surface area (Å²) < 4.78 is 6.15. The van der Waals surface area contributed by atoms with E-state index in [0.29, 0.717) is 12.4 Å². The minimum absolute atomic E-state index is 0.304. The molecule has 0 amide bonds. The van der Waals surface area contributed by atoms with Crippen LogP contribution in [0.1, 0.15) is 0 Å². The number of rotatable bonds is 3. The predicted octanol–water partition coefficient (Wildman–Crippen LogP) is -0.955. The second kappa shape index (κ2) is 3.67. The maximum Gasteiger partial charge on any atom is 0.146 e. The molecule has 2 N–H and O–H groups in total. The molecule has 0 unspecified atom stereocenters. The maximum atomic E-state index is 5.42. The van der Waals surface area contributed by atoms with E-state index >= 15 is 0 Å². The summed E-state index contributed by atoms with van der Waals surface area (Å²) in [5.41, 5.74) is 5.42. The molecule has 0 aromatic carbocycles. The minimum Gasteiger partial charge on any atom is -0.384 e. The lowest BCUT2D eigenvalue weighted by atomic mass is 10.7. The van der Waals surface area contributed by atoms with Gasteiger partial charge in [-0.25, -0.2) is 4.68 Å². The zero-order chi connectivity index (χ0) is 8.10. The molecule has 0 spiro atoms. The van der Waals surface area contributed by atoms with Gasteiger partial charge in [-0.15, -0.1) is 10.2 Å². The molecular weight excluding hydrogens is 146 g/mol. The van der Waals surface area contributed by atoms with Gasteiger partial charge in [0.1, 0.15) is 25.1 Å². The second-order valence-corrected chi connectivity index (χ2v) is 1.87. The highest BCUT2D eigenvalue weighted by Gasteiger charge is 1.90. The van der Waals surface area contributed by atoms with Gasteiger partial charge in [-0.1, -0.05) is 0 Å². The van der Waals surface area contributed by atoms with Crippen LogP contribution >= 0.6 is 0 Å². The number of amidine groups is 1. The second-order valence-electron chi connectivity index (χ2n) is 1.87. The van der Waals surface area contributed by atoms with Gasteiger partial charge < -0.3 is 10.5 Å². The molecule has 0 atom stereocenters. The van der Waals surface area contributed by atoms with Gasteiger partial charge in [-0.05, 0) is 0 Å². The van der Waals surface area contributed by atoms with E-state index in [4.69, 9.17) is 10.5 Å². The Bertz CT molecular complexity index is 229. The minimum atomic E-state index is 0.304. The van der Waals surface area contributed by atoms with Crippen molar-refractivity contribution in [1.29, 1.82) is 0 Å². The summed E-state index contributed by atoms with van der Waals surface area (Å²) in [7, 11) is 1.55. The topological polar surface area (TPSA) is 78.3 Å². The molecule has 6 heteroatoms. The molecule has 0 aliphatic rings. The fourth-order valence-electron chi connectivity index (χ4n) is 0.572. The van der Waals surface area contributed by atoms with Crippen molar-refractivity contribution < 1.29 is 4.74 Å². The highest BCUT2D eigenvalue weighted by molar-refractivity contribution is 5.81. The van der Waals surface area contributed by atoms with E-state index in [0.717, 1.165) is 0 Å². The summed E-state index contributed by atoms with van der Waals surface area (Å²) in [5, 5.41) is 11.0. The van der Waals surface area contributed by atoms with Crippen LogP contribution in [0.25, 0.3) is 0 Å². The van der Waals surface area contributed by atoms with E-state index in [9.17, 15) is 0 Å². The molecule has 1 rings (SSSR count). The SMILES string of the molecule is COCC(N)=Nn1cnnc1. The Labute approximate surface area is 63.7 Å². The largest absolute Gasteiger partial charge is 0.384 e. The zero-order valence-electron chi connectivity index (χ0n) is 6.14. The maximum absolute atomic E-state index is 5.42. The molecule has 0 saturated heterocycles. The van der Waals surface area contributed by atoms with Crippen LogP contribution < -0.4 is 5.73 Å². The fourth-order valence-corrected chi connectivity index (χ4v) is 0.572. The highest BCUT2D eigenvalue weighted by atomic mass is 16.5. The van der Waals surface area contributed by atoms with Crippen LogP contribution in [0.3, 0.4) is 0 Å². The third kappa shape index (κ3) is 2.34. The summed E-state index contributed by atoms with van der Waals surface area (Å²) in [5.74, 6) is 0.382. The van der Waals surface area contributed by atoms with Crippen LogP contribution in [0.4, 0.5) is 0 Å². The lowest BCUT2D eigenvalue weighted by Gasteiger charge is -1.96. The first kappa shape index (κ1) is 7.67. The molecule has 0 aliphatic carbocycles. The first-order chi connectivity index (χ1) is 5.33. The average molecular weight is 155 g/mol. The summed E-state index contributed by atoms with van der Waals surface area (Å²) in [4.78, 5) is 0. The van der Waals surface area contributed by atoms with Crippen molar-refractivity contribution in [2.24, 2.45) is 10.8 Å². The van der Waals surface area contributed by atoms with Gasteiger partial charge in [0.2, 0.25) is 0 Å². The van der Waals surface area contributed by atoms with Crippen molar-refractivity contribution in [2.45, 2.75) is 0 Å². The Morgan fingerprint density at radius 3 is 2.82 bits per heavy atom. The standard InChI is InChI=1S/C5H9N5O/c1-11-2-5(6)9-10-3-7-8-4-10/h3-4H,2H2,1H3,(H2,6,9). The van der Waals surface area contributed by atoms with Crippen LogP contribution in [0, 0.1) is 0 Å². The van der Waals surface area contributed by atoms with Crippen molar-refractivity contribution >= 4 is 5.84 Å². The van der Waals surface area contributed by atoms with Gasteiger partial charge in [0, 0.05) is 7.11 Å². The van der Waals surface area contributed by atoms with Crippen molar-refractivity contribution in [3.8, 4) is 0 Å². The number of hydrogen-bond donors (Lipinski definition) is 1. The quantitative estimate of drug-likeness (QED) is 0.450. The first-order valence-electron chi connectivity index (χ1n) is 3.00. The van der Waals surface area contributed by atoms with Crippen molar-refractivity contribution in [1.82, 2.24) is 14.9 Å². The molecule has 1 aromatic heterocycles. The molecule has 6 nitrogen and oxygen atoms in total. The normalized spacial score (nSPS) is 11.9. The molecule has 11 heavy (non-hydrogen) atoms. The Hall–Kier alpha value is -1.43. The smallest absolute Gasteiger partial charge is 0.146 e. The number of nitrogens with zero attached hydrogens (tertiary/aromatic N) is 4. The van der Waals surface area contributed by atoms with Crippen molar-refractivity contribution in [3.05, 3.63) is 12.7 Å². The van der Waals surface area contributed by atoms with Gasteiger partial charge in [0.15, 0.2) is 0 Å². The van der Waals surface area contributed by atoms with E-state index in [1.165, 1.54) is 17.3 Å². The van der Waals surface area contributed by atoms with Crippen LogP contribution in [-0.2, 0) is 4.74 Å². The molecule has 0 radical (unpaired) electrons. The molecule has 60 valence electrons. The Morgan fingerprint density at radius 2 is 2.27 bits per heavy atom. The van der Waals surface area contributed by atoms with Gasteiger partial charge >= 0.3 is 0 Å². The summed E-state index contributed by atoms with van der Waals surface area (Å²) in [6, 6.07) is 0. The summed E-state index contributed by atoms with van der Waals surface area (Å²) >= 11 is 0. The number of methoxy groups -OCH3 is 1. The van der Waals surface area contributed by atoms with Crippen molar-refractivity contribution in [2.75, 3.05) is 13.7 Å². The van der Waals surface area contributed by atoms with E-state index in [1.807, 2.05) is 0 Å². The third-order valence-electron chi connectivity index (χ3n) is 0.943. The highest BCUT2D eigenvalue weighted by Crippen LogP contribution is 1.80. The number of aromatic nitrogens is 3. The Balaban J connectivity index is 2.58. The zero-order valence-corrected chi connectivity index (χ0v) is 6.14. The molecule has 0 aliphatic heterocycles. The molecular formula is C5H9N5O. The van der Waals surface area contributed by atoms with Gasteiger partial charge in [0.05, 0.1) is 0 Å². The van der Waals surface area contributed by atoms with Crippen LogP contribution in [0.2, 0.25) is 0 Å². The Kier molecular flexibility index (Phi) is 2.56. The predicted molar refractivity (Wildman–Crippen MR) is 38.9 cm³/mol. The third-order valence-corrected chi connectivity index (χ3v) is 0.943. The molecule has 1 aromatic rings. The molecule has 0 saturated carbocycles. The number of hydrogen-bond acceptors (Lipinski definition) is 4. The lowest BCUT2D eigenvalue weighted by Crippen LogP contribution is -2.19. The summed E-state index contributed by atoms with van der Waals surface area (Å²) in [6.07, 6.45) is 2.89. The molecule has 1 heterocycles. The fraction of sp³-hybridized carbons (Fsp3) is 0.400. The molecule has 0 fully saturated rings. The first-order valence-corrected chi connectivity index (χ1v) is 3.00. The average Bonchev–Trinajstić information content (AvgIpc) is 2.40. The van der Waals surface area contributed by atoms with E-state index < -0.39 is 0 Å². The number of ether oxygens (including phenoxy) is 1.